The van der Waals surface area contributed by atoms with Gasteiger partial charge in [0.25, 0.3) is 0 Å². The number of aromatic amines is 1. The number of aromatic carboxylic acids is 1. The Balaban J connectivity index is 1.59. The van der Waals surface area contributed by atoms with Gasteiger partial charge in [0, 0.05) is 42.8 Å². The van der Waals surface area contributed by atoms with Crippen molar-refractivity contribution in [2.75, 3.05) is 38.5 Å². The van der Waals surface area contributed by atoms with Gasteiger partial charge in [-0.1, -0.05) is 0 Å². The molecular weight excluding hydrogens is 350 g/mol. The number of aromatic nitrogens is 1. The number of nitrogens with zero attached hydrogens (tertiary/aromatic N) is 2. The van der Waals surface area contributed by atoms with Crippen molar-refractivity contribution in [1.82, 2.24) is 14.8 Å². The highest BCUT2D eigenvalue weighted by Crippen LogP contribution is 2.20. The lowest BCUT2D eigenvalue weighted by atomic mass is 10.1. The van der Waals surface area contributed by atoms with Gasteiger partial charge in [-0.15, -0.1) is 0 Å². The molecule has 1 aromatic heterocycles. The van der Waals surface area contributed by atoms with E-state index in [4.69, 9.17) is 10.8 Å². The molecule has 3 rings (SSSR count). The lowest BCUT2D eigenvalue weighted by Crippen LogP contribution is -2.49. The number of carbonyl (C=O) groups excluding carboxylic acids is 2. The highest BCUT2D eigenvalue weighted by Gasteiger charge is 2.24. The van der Waals surface area contributed by atoms with Crippen molar-refractivity contribution in [2.24, 2.45) is 5.73 Å². The van der Waals surface area contributed by atoms with Crippen LogP contribution >= 0.6 is 0 Å². The van der Waals surface area contributed by atoms with E-state index in [1.165, 1.54) is 6.07 Å². The van der Waals surface area contributed by atoms with Gasteiger partial charge in [0.05, 0.1) is 12.5 Å². The molecule has 2 heterocycles. The maximum absolute atomic E-state index is 12.3. The summed E-state index contributed by atoms with van der Waals surface area (Å²) >= 11 is 0. The van der Waals surface area contributed by atoms with E-state index in [-0.39, 0.29) is 18.0 Å². The number of likely N-dealkylation sites (N-methyl/N-ethyl adjacent to an activating group) is 1. The molecule has 1 aliphatic heterocycles. The molecular formula is C18H23N5O4. The molecule has 1 aromatic carbocycles. The SMILES string of the molecule is CN1CCN(C(=O)CC(N)C(=O)Nc2ccc3[nH]c(C(=O)O)cc3c2)CC1. The minimum Gasteiger partial charge on any atom is -0.477 e. The van der Waals surface area contributed by atoms with E-state index in [9.17, 15) is 14.4 Å². The minimum absolute atomic E-state index is 0.0505. The molecule has 0 bridgehead atoms. The summed E-state index contributed by atoms with van der Waals surface area (Å²) in [5.41, 5.74) is 7.12. The Morgan fingerprint density at radius 3 is 2.59 bits per heavy atom. The van der Waals surface area contributed by atoms with Crippen LogP contribution in [0.2, 0.25) is 0 Å². The van der Waals surface area contributed by atoms with E-state index >= 15 is 0 Å². The van der Waals surface area contributed by atoms with Crippen LogP contribution in [0.3, 0.4) is 0 Å². The third-order valence-electron chi connectivity index (χ3n) is 4.71. The number of H-pyrrole nitrogens is 1. The van der Waals surface area contributed by atoms with Gasteiger partial charge in [-0.3, -0.25) is 9.59 Å². The molecule has 1 saturated heterocycles. The van der Waals surface area contributed by atoms with Crippen molar-refractivity contribution in [3.63, 3.8) is 0 Å². The Morgan fingerprint density at radius 2 is 1.93 bits per heavy atom. The number of hydrogen-bond donors (Lipinski definition) is 4. The van der Waals surface area contributed by atoms with Crippen LogP contribution < -0.4 is 11.1 Å². The number of carboxylic acid groups (broad SMARTS) is 1. The summed E-state index contributed by atoms with van der Waals surface area (Å²) in [6.07, 6.45) is -0.0505. The number of piperazine rings is 1. The highest BCUT2D eigenvalue weighted by atomic mass is 16.4. The third-order valence-corrected chi connectivity index (χ3v) is 4.71. The molecule has 2 amide bonds. The topological polar surface area (TPSA) is 132 Å². The summed E-state index contributed by atoms with van der Waals surface area (Å²) in [5.74, 6) is -1.63. The Morgan fingerprint density at radius 1 is 1.22 bits per heavy atom. The summed E-state index contributed by atoms with van der Waals surface area (Å²) in [5, 5.41) is 12.4. The molecule has 1 atom stereocenters. The molecule has 0 aliphatic carbocycles. The van der Waals surface area contributed by atoms with E-state index in [2.05, 4.69) is 15.2 Å². The number of nitrogens with one attached hydrogen (secondary N) is 2. The van der Waals surface area contributed by atoms with Gasteiger partial charge in [-0.25, -0.2) is 4.79 Å². The normalized spacial score (nSPS) is 16.3. The lowest BCUT2D eigenvalue weighted by molar-refractivity contribution is -0.134. The van der Waals surface area contributed by atoms with Crippen LogP contribution in [0, 0.1) is 0 Å². The molecule has 5 N–H and O–H groups in total. The third kappa shape index (κ3) is 4.44. The van der Waals surface area contributed by atoms with Crippen molar-refractivity contribution in [3.05, 3.63) is 30.0 Å². The van der Waals surface area contributed by atoms with Crippen LogP contribution in [0.5, 0.6) is 0 Å². The van der Waals surface area contributed by atoms with E-state index in [1.807, 2.05) is 7.05 Å². The van der Waals surface area contributed by atoms with Crippen LogP contribution in [0.4, 0.5) is 5.69 Å². The standard InChI is InChI=1S/C18H23N5O4/c1-22-4-6-23(7-5-22)16(24)10-13(19)17(25)20-12-2-3-14-11(8-12)9-15(21-14)18(26)27/h2-3,8-9,13,21H,4-7,10,19H2,1H3,(H,20,25)(H,26,27). The van der Waals surface area contributed by atoms with Crippen molar-refractivity contribution in [1.29, 1.82) is 0 Å². The minimum atomic E-state index is -1.05. The molecule has 1 unspecified atom stereocenters. The quantitative estimate of drug-likeness (QED) is 0.596. The zero-order valence-electron chi connectivity index (χ0n) is 15.1. The monoisotopic (exact) mass is 373 g/mol. The van der Waals surface area contributed by atoms with Crippen LogP contribution in [0.1, 0.15) is 16.9 Å². The molecule has 0 radical (unpaired) electrons. The van der Waals surface area contributed by atoms with E-state index in [1.54, 1.807) is 23.1 Å². The number of rotatable bonds is 5. The maximum atomic E-state index is 12.3. The first-order valence-electron chi connectivity index (χ1n) is 8.72. The van der Waals surface area contributed by atoms with Gasteiger partial charge >= 0.3 is 5.97 Å². The van der Waals surface area contributed by atoms with Crippen LogP contribution in [0.25, 0.3) is 10.9 Å². The second kappa shape index (κ2) is 7.77. The number of anilines is 1. The number of amides is 2. The summed E-state index contributed by atoms with van der Waals surface area (Å²) in [6.45, 7) is 2.89. The first kappa shape index (κ1) is 18.9. The summed E-state index contributed by atoms with van der Waals surface area (Å²) in [4.78, 5) is 42.3. The van der Waals surface area contributed by atoms with Crippen molar-refractivity contribution in [2.45, 2.75) is 12.5 Å². The first-order chi connectivity index (χ1) is 12.8. The molecule has 1 aliphatic rings. The number of nitrogens with two attached hydrogens (primary N) is 1. The fourth-order valence-corrected chi connectivity index (χ4v) is 3.03. The zero-order valence-corrected chi connectivity index (χ0v) is 15.1. The van der Waals surface area contributed by atoms with Crippen molar-refractivity contribution >= 4 is 34.4 Å². The fraction of sp³-hybridized carbons (Fsp3) is 0.389. The largest absolute Gasteiger partial charge is 0.477 e. The van der Waals surface area contributed by atoms with Crippen LogP contribution in [0.15, 0.2) is 24.3 Å². The van der Waals surface area contributed by atoms with Gasteiger partial charge in [-0.05, 0) is 31.3 Å². The number of fused-ring (bicyclic) bond motifs is 1. The van der Waals surface area contributed by atoms with Gasteiger partial charge in [0.15, 0.2) is 0 Å². The van der Waals surface area contributed by atoms with E-state index < -0.39 is 17.9 Å². The Kier molecular flexibility index (Phi) is 5.43. The molecule has 0 spiro atoms. The van der Waals surface area contributed by atoms with Gasteiger partial charge in [0.2, 0.25) is 11.8 Å². The molecule has 27 heavy (non-hydrogen) atoms. The molecule has 2 aromatic rings. The van der Waals surface area contributed by atoms with E-state index in [0.717, 1.165) is 13.1 Å². The Labute approximate surface area is 156 Å². The Hall–Kier alpha value is -2.91. The van der Waals surface area contributed by atoms with Gasteiger partial charge in [0.1, 0.15) is 5.69 Å². The average Bonchev–Trinajstić information content (AvgIpc) is 3.05. The second-order valence-corrected chi connectivity index (χ2v) is 6.77. The zero-order chi connectivity index (χ0) is 19.6. The Bertz CT molecular complexity index is 870. The molecule has 0 saturated carbocycles. The smallest absolute Gasteiger partial charge is 0.352 e. The van der Waals surface area contributed by atoms with Gasteiger partial charge < -0.3 is 30.9 Å². The van der Waals surface area contributed by atoms with E-state index in [0.29, 0.717) is 29.7 Å². The molecule has 1 fully saturated rings. The number of carboxylic acids is 1. The highest BCUT2D eigenvalue weighted by molar-refractivity contribution is 6.00. The summed E-state index contributed by atoms with van der Waals surface area (Å²) < 4.78 is 0. The van der Waals surface area contributed by atoms with Crippen molar-refractivity contribution < 1.29 is 19.5 Å². The number of hydrogen-bond acceptors (Lipinski definition) is 5. The van der Waals surface area contributed by atoms with Gasteiger partial charge in [-0.2, -0.15) is 0 Å². The number of carbonyl (C=O) groups is 3. The molecule has 9 heteroatoms. The second-order valence-electron chi connectivity index (χ2n) is 6.77. The predicted molar refractivity (Wildman–Crippen MR) is 101 cm³/mol. The molecule has 144 valence electrons. The summed E-state index contributed by atoms with van der Waals surface area (Å²) in [6, 6.07) is 5.53. The summed E-state index contributed by atoms with van der Waals surface area (Å²) in [7, 11) is 2.00. The van der Waals surface area contributed by atoms with Crippen LogP contribution in [-0.2, 0) is 9.59 Å². The van der Waals surface area contributed by atoms with Crippen LogP contribution in [-0.4, -0.2) is 76.9 Å². The first-order valence-corrected chi connectivity index (χ1v) is 8.72. The lowest BCUT2D eigenvalue weighted by Gasteiger charge is -2.32. The maximum Gasteiger partial charge on any atom is 0.352 e. The van der Waals surface area contributed by atoms with Crippen molar-refractivity contribution in [3.8, 4) is 0 Å². The predicted octanol–water partition coefficient (Wildman–Crippen LogP) is 0.296. The molecule has 9 nitrogen and oxygen atoms in total. The number of benzene rings is 1. The fourth-order valence-electron chi connectivity index (χ4n) is 3.03. The average molecular weight is 373 g/mol.